The highest BCUT2D eigenvalue weighted by Gasteiger charge is 2.16. The van der Waals surface area contributed by atoms with Crippen molar-refractivity contribution in [3.63, 3.8) is 0 Å². The second-order valence-corrected chi connectivity index (χ2v) is 6.98. The number of hydrogen-bond acceptors (Lipinski definition) is 3. The highest BCUT2D eigenvalue weighted by Crippen LogP contribution is 2.29. The quantitative estimate of drug-likeness (QED) is 0.619. The van der Waals surface area contributed by atoms with Crippen LogP contribution in [0.25, 0.3) is 0 Å². The van der Waals surface area contributed by atoms with Gasteiger partial charge in [0, 0.05) is 16.8 Å². The molecule has 0 aliphatic rings. The Morgan fingerprint density at radius 2 is 1.96 bits per heavy atom. The highest BCUT2D eigenvalue weighted by atomic mass is 79.9. The third kappa shape index (κ3) is 5.94. The Bertz CT molecular complexity index is 738. The number of halogens is 2. The SMILES string of the molecule is CCC(C)Oc1cccc(NC(=O)C(C)Oc2ccc(Cl)cc2Br)c1. The number of nitrogens with one attached hydrogen (secondary N) is 1. The van der Waals surface area contributed by atoms with Crippen LogP contribution in [-0.4, -0.2) is 18.1 Å². The van der Waals surface area contributed by atoms with Crippen molar-refractivity contribution in [1.29, 1.82) is 0 Å². The Labute approximate surface area is 161 Å². The van der Waals surface area contributed by atoms with Crippen LogP contribution in [0.1, 0.15) is 27.2 Å². The lowest BCUT2D eigenvalue weighted by molar-refractivity contribution is -0.122. The molecule has 0 heterocycles. The molecule has 1 N–H and O–H groups in total. The van der Waals surface area contributed by atoms with Gasteiger partial charge in [0.1, 0.15) is 11.5 Å². The molecule has 0 aromatic heterocycles. The molecule has 0 spiro atoms. The van der Waals surface area contributed by atoms with E-state index in [0.717, 1.165) is 12.2 Å². The Hall–Kier alpha value is -1.72. The highest BCUT2D eigenvalue weighted by molar-refractivity contribution is 9.10. The average Bonchev–Trinajstić information content (AvgIpc) is 2.57. The maximum absolute atomic E-state index is 12.4. The third-order valence-corrected chi connectivity index (χ3v) is 4.44. The second kappa shape index (κ2) is 9.11. The van der Waals surface area contributed by atoms with Crippen molar-refractivity contribution >= 4 is 39.1 Å². The van der Waals surface area contributed by atoms with Crippen molar-refractivity contribution in [2.75, 3.05) is 5.32 Å². The van der Waals surface area contributed by atoms with Gasteiger partial charge in [0.05, 0.1) is 10.6 Å². The third-order valence-electron chi connectivity index (χ3n) is 3.58. The van der Waals surface area contributed by atoms with E-state index in [9.17, 15) is 4.79 Å². The molecule has 2 aromatic carbocycles. The summed E-state index contributed by atoms with van der Waals surface area (Å²) >= 11 is 9.28. The van der Waals surface area contributed by atoms with Crippen LogP contribution in [-0.2, 0) is 4.79 Å². The number of amides is 1. The summed E-state index contributed by atoms with van der Waals surface area (Å²) in [6.07, 6.45) is 0.365. The minimum Gasteiger partial charge on any atom is -0.491 e. The summed E-state index contributed by atoms with van der Waals surface area (Å²) in [6.45, 7) is 5.76. The lowest BCUT2D eigenvalue weighted by Crippen LogP contribution is -2.30. The van der Waals surface area contributed by atoms with Crippen molar-refractivity contribution < 1.29 is 14.3 Å². The molecule has 0 aliphatic carbocycles. The molecule has 2 unspecified atom stereocenters. The first-order valence-electron chi connectivity index (χ1n) is 8.08. The van der Waals surface area contributed by atoms with Gasteiger partial charge in [-0.2, -0.15) is 0 Å². The van der Waals surface area contributed by atoms with Crippen molar-refractivity contribution in [1.82, 2.24) is 0 Å². The Morgan fingerprint density at radius 3 is 2.64 bits per heavy atom. The predicted octanol–water partition coefficient (Wildman–Crippen LogP) is 5.69. The van der Waals surface area contributed by atoms with Crippen LogP contribution in [0.4, 0.5) is 5.69 Å². The van der Waals surface area contributed by atoms with Gasteiger partial charge in [-0.25, -0.2) is 0 Å². The van der Waals surface area contributed by atoms with Crippen LogP contribution in [0.5, 0.6) is 11.5 Å². The van der Waals surface area contributed by atoms with E-state index in [4.69, 9.17) is 21.1 Å². The first kappa shape index (κ1) is 19.6. The number of hydrogen-bond donors (Lipinski definition) is 1. The average molecular weight is 427 g/mol. The smallest absolute Gasteiger partial charge is 0.265 e. The standard InChI is InChI=1S/C19H21BrClNO3/c1-4-12(2)24-16-7-5-6-15(11-16)22-19(23)13(3)25-18-9-8-14(21)10-17(18)20/h5-13H,4H2,1-3H3,(H,22,23). The van der Waals surface area contributed by atoms with Gasteiger partial charge < -0.3 is 14.8 Å². The van der Waals surface area contributed by atoms with Crippen molar-refractivity contribution in [3.8, 4) is 11.5 Å². The fraction of sp³-hybridized carbons (Fsp3) is 0.316. The molecule has 0 aliphatic heterocycles. The summed E-state index contributed by atoms with van der Waals surface area (Å²) in [5, 5.41) is 3.43. The van der Waals surface area contributed by atoms with Crippen molar-refractivity contribution in [2.45, 2.75) is 39.4 Å². The fourth-order valence-electron chi connectivity index (χ4n) is 2.02. The topological polar surface area (TPSA) is 47.6 Å². The Kier molecular flexibility index (Phi) is 7.14. The largest absolute Gasteiger partial charge is 0.491 e. The van der Waals surface area contributed by atoms with Crippen molar-refractivity contribution in [3.05, 3.63) is 52.0 Å². The molecule has 25 heavy (non-hydrogen) atoms. The summed E-state index contributed by atoms with van der Waals surface area (Å²) in [7, 11) is 0. The summed E-state index contributed by atoms with van der Waals surface area (Å²) in [6, 6.07) is 12.5. The fourth-order valence-corrected chi connectivity index (χ4v) is 2.80. The summed E-state index contributed by atoms with van der Waals surface area (Å²) < 4.78 is 12.2. The van der Waals surface area contributed by atoms with E-state index >= 15 is 0 Å². The minimum absolute atomic E-state index is 0.121. The number of benzene rings is 2. The van der Waals surface area contributed by atoms with E-state index in [1.807, 2.05) is 25.1 Å². The van der Waals surface area contributed by atoms with Crippen LogP contribution in [0.2, 0.25) is 5.02 Å². The maximum atomic E-state index is 12.4. The molecule has 0 radical (unpaired) electrons. The zero-order chi connectivity index (χ0) is 18.4. The Morgan fingerprint density at radius 1 is 1.20 bits per heavy atom. The van der Waals surface area contributed by atoms with Gasteiger partial charge in [0.25, 0.3) is 5.91 Å². The molecular formula is C19H21BrClNO3. The van der Waals surface area contributed by atoms with Crippen LogP contribution < -0.4 is 14.8 Å². The molecule has 0 saturated carbocycles. The van der Waals surface area contributed by atoms with E-state index in [1.165, 1.54) is 0 Å². The molecule has 134 valence electrons. The van der Waals surface area contributed by atoms with Crippen molar-refractivity contribution in [2.24, 2.45) is 0 Å². The molecule has 4 nitrogen and oxygen atoms in total. The molecular weight excluding hydrogens is 406 g/mol. The zero-order valence-corrected chi connectivity index (χ0v) is 16.7. The summed E-state index contributed by atoms with van der Waals surface area (Å²) in [4.78, 5) is 12.4. The van der Waals surface area contributed by atoms with E-state index in [-0.39, 0.29) is 12.0 Å². The molecule has 0 saturated heterocycles. The van der Waals surface area contributed by atoms with Crippen LogP contribution in [0, 0.1) is 0 Å². The minimum atomic E-state index is -0.670. The van der Waals surface area contributed by atoms with Gasteiger partial charge >= 0.3 is 0 Å². The lowest BCUT2D eigenvalue weighted by atomic mass is 10.2. The second-order valence-electron chi connectivity index (χ2n) is 5.69. The summed E-state index contributed by atoms with van der Waals surface area (Å²) in [5.41, 5.74) is 0.663. The number of carbonyl (C=O) groups excluding carboxylic acids is 1. The number of anilines is 1. The van der Waals surface area contributed by atoms with E-state index in [1.54, 1.807) is 31.2 Å². The van der Waals surface area contributed by atoms with Gasteiger partial charge in [0.2, 0.25) is 0 Å². The molecule has 2 atom stereocenters. The molecule has 2 rings (SSSR count). The van der Waals surface area contributed by atoms with Gasteiger partial charge in [-0.3, -0.25) is 4.79 Å². The molecule has 1 amide bonds. The number of carbonyl (C=O) groups is 1. The first-order chi connectivity index (χ1) is 11.9. The number of ether oxygens (including phenoxy) is 2. The Balaban J connectivity index is 2.00. The van der Waals surface area contributed by atoms with Crippen LogP contribution in [0.3, 0.4) is 0 Å². The monoisotopic (exact) mass is 425 g/mol. The lowest BCUT2D eigenvalue weighted by Gasteiger charge is -2.17. The van der Waals surface area contributed by atoms with Crippen LogP contribution >= 0.6 is 27.5 Å². The first-order valence-corrected chi connectivity index (χ1v) is 9.25. The van der Waals surface area contributed by atoms with E-state index < -0.39 is 6.10 Å². The van der Waals surface area contributed by atoms with Gasteiger partial charge in [-0.15, -0.1) is 0 Å². The molecule has 6 heteroatoms. The molecule has 2 aromatic rings. The maximum Gasteiger partial charge on any atom is 0.265 e. The number of rotatable bonds is 7. The van der Waals surface area contributed by atoms with Gasteiger partial charge in [0.15, 0.2) is 6.10 Å². The molecule has 0 fully saturated rings. The van der Waals surface area contributed by atoms with Crippen LogP contribution in [0.15, 0.2) is 46.9 Å². The van der Waals surface area contributed by atoms with Gasteiger partial charge in [-0.1, -0.05) is 24.6 Å². The normalized spacial score (nSPS) is 13.0. The van der Waals surface area contributed by atoms with E-state index in [2.05, 4.69) is 28.2 Å². The zero-order valence-electron chi connectivity index (χ0n) is 14.4. The van der Waals surface area contributed by atoms with E-state index in [0.29, 0.717) is 20.9 Å². The predicted molar refractivity (Wildman–Crippen MR) is 105 cm³/mol. The summed E-state index contributed by atoms with van der Waals surface area (Å²) in [5.74, 6) is 1.03. The van der Waals surface area contributed by atoms with Gasteiger partial charge in [-0.05, 0) is 66.5 Å². The molecule has 0 bridgehead atoms.